The van der Waals surface area contributed by atoms with Crippen molar-refractivity contribution in [3.05, 3.63) is 0 Å². The van der Waals surface area contributed by atoms with Crippen molar-refractivity contribution in [3.63, 3.8) is 0 Å². The molecule has 0 bridgehead atoms. The molecule has 1 rings (SSSR count). The van der Waals surface area contributed by atoms with Gasteiger partial charge in [-0.05, 0) is 0 Å². The summed E-state index contributed by atoms with van der Waals surface area (Å²) in [4.78, 5) is 0. The quantitative estimate of drug-likeness (QED) is 0.481. The summed E-state index contributed by atoms with van der Waals surface area (Å²) in [5.41, 5.74) is 0. The molecule has 0 radical (unpaired) electrons. The Kier molecular flexibility index (Phi) is 2.24. The van der Waals surface area contributed by atoms with Gasteiger partial charge in [0.15, 0.2) is 5.37 Å². The summed E-state index contributed by atoms with van der Waals surface area (Å²) >= 11 is 0. The van der Waals surface area contributed by atoms with E-state index in [1.807, 2.05) is 0 Å². The fourth-order valence-electron chi connectivity index (χ4n) is 0.733. The standard InChI is InChI=1S/C4H9NO4S/c6-10(7,8)4-3-9-2-1-5-4/h4-5H,1-3H2,(H,6,7,8). The van der Waals surface area contributed by atoms with E-state index in [4.69, 9.17) is 9.29 Å². The molecule has 0 aromatic rings. The third kappa shape index (κ3) is 1.91. The first kappa shape index (κ1) is 7.93. The number of hydrogen-bond donors (Lipinski definition) is 2. The van der Waals surface area contributed by atoms with E-state index in [0.717, 1.165) is 0 Å². The molecular weight excluding hydrogens is 158 g/mol. The zero-order chi connectivity index (χ0) is 7.61. The largest absolute Gasteiger partial charge is 0.377 e. The maximum absolute atomic E-state index is 10.4. The number of nitrogens with one attached hydrogen (secondary N) is 1. The van der Waals surface area contributed by atoms with Gasteiger partial charge in [-0.15, -0.1) is 0 Å². The topological polar surface area (TPSA) is 75.6 Å². The molecule has 0 aromatic carbocycles. The molecule has 1 fully saturated rings. The smallest absolute Gasteiger partial charge is 0.283 e. The van der Waals surface area contributed by atoms with Crippen LogP contribution in [0, 0.1) is 0 Å². The van der Waals surface area contributed by atoms with Gasteiger partial charge in [0.05, 0.1) is 13.2 Å². The van der Waals surface area contributed by atoms with Crippen molar-refractivity contribution in [2.75, 3.05) is 19.8 Å². The van der Waals surface area contributed by atoms with Crippen molar-refractivity contribution in [2.45, 2.75) is 5.37 Å². The maximum Gasteiger partial charge on any atom is 0.283 e. The number of ether oxygens (including phenoxy) is 1. The van der Waals surface area contributed by atoms with Crippen molar-refractivity contribution < 1.29 is 17.7 Å². The van der Waals surface area contributed by atoms with E-state index in [0.29, 0.717) is 13.2 Å². The first-order valence-electron chi connectivity index (χ1n) is 2.88. The molecule has 60 valence electrons. The summed E-state index contributed by atoms with van der Waals surface area (Å²) in [6.45, 7) is 0.981. The lowest BCUT2D eigenvalue weighted by atomic mass is 10.5. The minimum Gasteiger partial charge on any atom is -0.377 e. The molecule has 1 saturated heterocycles. The molecule has 6 heteroatoms. The summed E-state index contributed by atoms with van der Waals surface area (Å²) in [5, 5.41) is 1.65. The van der Waals surface area contributed by atoms with Crippen LogP contribution < -0.4 is 5.32 Å². The van der Waals surface area contributed by atoms with Crippen LogP contribution in [0.2, 0.25) is 0 Å². The van der Waals surface area contributed by atoms with Crippen LogP contribution in [0.15, 0.2) is 0 Å². The van der Waals surface area contributed by atoms with E-state index in [1.165, 1.54) is 0 Å². The molecule has 0 amide bonds. The monoisotopic (exact) mass is 167 g/mol. The van der Waals surface area contributed by atoms with Gasteiger partial charge in [-0.25, -0.2) is 0 Å². The van der Waals surface area contributed by atoms with Gasteiger partial charge >= 0.3 is 0 Å². The van der Waals surface area contributed by atoms with Crippen LogP contribution >= 0.6 is 0 Å². The van der Waals surface area contributed by atoms with Gasteiger partial charge in [-0.1, -0.05) is 0 Å². The Balaban J connectivity index is 2.56. The molecule has 0 aliphatic carbocycles. The number of hydrogen-bond acceptors (Lipinski definition) is 4. The average molecular weight is 167 g/mol. The summed E-state index contributed by atoms with van der Waals surface area (Å²) in [7, 11) is -3.96. The molecule has 5 nitrogen and oxygen atoms in total. The van der Waals surface area contributed by atoms with Gasteiger partial charge in [-0.2, -0.15) is 8.42 Å². The lowest BCUT2D eigenvalue weighted by Gasteiger charge is -2.20. The molecule has 0 spiro atoms. The van der Waals surface area contributed by atoms with Crippen molar-refractivity contribution in [2.24, 2.45) is 0 Å². The summed E-state index contributed by atoms with van der Waals surface area (Å²) < 4.78 is 34.1. The second-order valence-corrected chi connectivity index (χ2v) is 3.63. The number of rotatable bonds is 1. The van der Waals surface area contributed by atoms with Crippen LogP contribution in [-0.2, 0) is 14.9 Å². The Bertz CT molecular complexity index is 193. The van der Waals surface area contributed by atoms with E-state index >= 15 is 0 Å². The molecule has 1 atom stereocenters. The van der Waals surface area contributed by atoms with Crippen molar-refractivity contribution in [1.29, 1.82) is 0 Å². The van der Waals surface area contributed by atoms with Crippen LogP contribution in [0.3, 0.4) is 0 Å². The SMILES string of the molecule is O=S(=O)(O)C1COCCN1. The summed E-state index contributed by atoms with van der Waals surface area (Å²) in [5.74, 6) is 0. The van der Waals surface area contributed by atoms with E-state index in [2.05, 4.69) is 5.32 Å². The maximum atomic E-state index is 10.4. The second kappa shape index (κ2) is 2.83. The molecule has 1 heterocycles. The van der Waals surface area contributed by atoms with Gasteiger partial charge in [0.2, 0.25) is 0 Å². The predicted molar refractivity (Wildman–Crippen MR) is 34.2 cm³/mol. The molecule has 2 N–H and O–H groups in total. The molecule has 0 saturated carbocycles. The highest BCUT2D eigenvalue weighted by molar-refractivity contribution is 7.86. The molecule has 1 aliphatic rings. The van der Waals surface area contributed by atoms with Gasteiger partial charge in [0.25, 0.3) is 10.1 Å². The number of morpholine rings is 1. The lowest BCUT2D eigenvalue weighted by molar-refractivity contribution is 0.0955. The van der Waals surface area contributed by atoms with Gasteiger partial charge in [0.1, 0.15) is 0 Å². The van der Waals surface area contributed by atoms with Crippen LogP contribution in [0.1, 0.15) is 0 Å². The van der Waals surface area contributed by atoms with Crippen LogP contribution in [0.4, 0.5) is 0 Å². The van der Waals surface area contributed by atoms with E-state index < -0.39 is 15.5 Å². The van der Waals surface area contributed by atoms with Crippen molar-refractivity contribution in [3.8, 4) is 0 Å². The van der Waals surface area contributed by atoms with Crippen molar-refractivity contribution >= 4 is 10.1 Å². The van der Waals surface area contributed by atoms with Gasteiger partial charge in [-0.3, -0.25) is 9.87 Å². The molecule has 1 unspecified atom stereocenters. The first-order chi connectivity index (χ1) is 4.61. The Morgan fingerprint density at radius 1 is 1.60 bits per heavy atom. The van der Waals surface area contributed by atoms with E-state index in [9.17, 15) is 8.42 Å². The van der Waals surface area contributed by atoms with Crippen LogP contribution in [-0.4, -0.2) is 38.1 Å². The van der Waals surface area contributed by atoms with Crippen molar-refractivity contribution in [1.82, 2.24) is 5.32 Å². The zero-order valence-corrected chi connectivity index (χ0v) is 6.10. The highest BCUT2D eigenvalue weighted by Gasteiger charge is 2.24. The van der Waals surface area contributed by atoms with E-state index in [1.54, 1.807) is 0 Å². The molecule has 10 heavy (non-hydrogen) atoms. The Morgan fingerprint density at radius 2 is 2.30 bits per heavy atom. The van der Waals surface area contributed by atoms with Crippen LogP contribution in [0.5, 0.6) is 0 Å². The summed E-state index contributed by atoms with van der Waals surface area (Å²) in [6, 6.07) is 0. The average Bonchev–Trinajstić information content (AvgIpc) is 1.88. The van der Waals surface area contributed by atoms with Gasteiger partial charge in [0, 0.05) is 6.54 Å². The third-order valence-electron chi connectivity index (χ3n) is 1.25. The minimum absolute atomic E-state index is 0.0266. The normalized spacial score (nSPS) is 28.3. The minimum atomic E-state index is -3.96. The molecular formula is C4H9NO4S. The van der Waals surface area contributed by atoms with E-state index in [-0.39, 0.29) is 6.61 Å². The second-order valence-electron chi connectivity index (χ2n) is 2.03. The Morgan fingerprint density at radius 3 is 2.60 bits per heavy atom. The highest BCUT2D eigenvalue weighted by atomic mass is 32.2. The first-order valence-corrected chi connectivity index (χ1v) is 4.38. The predicted octanol–water partition coefficient (Wildman–Crippen LogP) is -1.18. The van der Waals surface area contributed by atoms with Gasteiger partial charge < -0.3 is 4.74 Å². The fraction of sp³-hybridized carbons (Fsp3) is 1.00. The zero-order valence-electron chi connectivity index (χ0n) is 5.28. The Hall–Kier alpha value is -0.170. The Labute approximate surface area is 59.1 Å². The third-order valence-corrected chi connectivity index (χ3v) is 2.27. The van der Waals surface area contributed by atoms with Crippen LogP contribution in [0.25, 0.3) is 0 Å². The lowest BCUT2D eigenvalue weighted by Crippen LogP contribution is -2.46. The summed E-state index contributed by atoms with van der Waals surface area (Å²) in [6.07, 6.45) is 0. The molecule has 0 aromatic heterocycles. The molecule has 1 aliphatic heterocycles. The fourth-order valence-corrected chi connectivity index (χ4v) is 1.33. The highest BCUT2D eigenvalue weighted by Crippen LogP contribution is 1.98.